The zero-order valence-corrected chi connectivity index (χ0v) is 15.9. The first kappa shape index (κ1) is 17.6. The van der Waals surface area contributed by atoms with E-state index in [1.165, 1.54) is 0 Å². The number of nitrogens with zero attached hydrogens (tertiary/aromatic N) is 3. The summed E-state index contributed by atoms with van der Waals surface area (Å²) in [5.41, 5.74) is 3.17. The molecule has 0 spiro atoms. The third-order valence-electron chi connectivity index (χ3n) is 5.38. The third-order valence-corrected chi connectivity index (χ3v) is 5.38. The van der Waals surface area contributed by atoms with Crippen molar-refractivity contribution in [1.29, 1.82) is 0 Å². The molecule has 3 aromatic rings. The molecule has 1 aliphatic heterocycles. The summed E-state index contributed by atoms with van der Waals surface area (Å²) < 4.78 is 7.80. The summed E-state index contributed by atoms with van der Waals surface area (Å²) in [5.74, 6) is 2.05. The van der Waals surface area contributed by atoms with Crippen molar-refractivity contribution >= 4 is 16.9 Å². The van der Waals surface area contributed by atoms with E-state index < -0.39 is 0 Å². The van der Waals surface area contributed by atoms with Crippen LogP contribution in [-0.4, -0.2) is 34.0 Å². The average Bonchev–Trinajstić information content (AvgIpc) is 3.33. The van der Waals surface area contributed by atoms with Gasteiger partial charge in [-0.1, -0.05) is 37.3 Å². The number of likely N-dealkylation sites (tertiary alicyclic amines) is 1. The highest BCUT2D eigenvalue weighted by Gasteiger charge is 2.33. The summed E-state index contributed by atoms with van der Waals surface area (Å²) in [6.45, 7) is 3.41. The van der Waals surface area contributed by atoms with Gasteiger partial charge in [-0.3, -0.25) is 4.79 Å². The van der Waals surface area contributed by atoms with Gasteiger partial charge in [0.2, 0.25) is 5.91 Å². The van der Waals surface area contributed by atoms with Gasteiger partial charge in [0.05, 0.1) is 30.7 Å². The lowest BCUT2D eigenvalue weighted by Crippen LogP contribution is -2.31. The summed E-state index contributed by atoms with van der Waals surface area (Å²) in [6, 6.07) is 16.3. The van der Waals surface area contributed by atoms with Crippen LogP contribution in [0.2, 0.25) is 0 Å². The normalized spacial score (nSPS) is 16.8. The summed E-state index contributed by atoms with van der Waals surface area (Å²) in [7, 11) is 1.70. The fraction of sp³-hybridized carbons (Fsp3) is 0.364. The Hall–Kier alpha value is -2.82. The molecule has 1 amide bonds. The van der Waals surface area contributed by atoms with Crippen LogP contribution in [0.5, 0.6) is 5.75 Å². The zero-order valence-electron chi connectivity index (χ0n) is 15.9. The number of hydrogen-bond acceptors (Lipinski definition) is 3. The second-order valence-electron chi connectivity index (χ2n) is 6.96. The Bertz CT molecular complexity index is 963. The van der Waals surface area contributed by atoms with E-state index in [2.05, 4.69) is 16.7 Å². The fourth-order valence-electron chi connectivity index (χ4n) is 4.06. The van der Waals surface area contributed by atoms with Crippen LogP contribution in [0.4, 0.5) is 0 Å². The monoisotopic (exact) mass is 363 g/mol. The summed E-state index contributed by atoms with van der Waals surface area (Å²) in [5, 5.41) is 0. The lowest BCUT2D eigenvalue weighted by Gasteiger charge is -2.25. The summed E-state index contributed by atoms with van der Waals surface area (Å²) in [6.07, 6.45) is 2.51. The predicted molar refractivity (Wildman–Crippen MR) is 106 cm³/mol. The number of rotatable bonds is 5. The fourth-order valence-corrected chi connectivity index (χ4v) is 4.06. The maximum absolute atomic E-state index is 12.5. The standard InChI is InChI=1S/C22H25N3O2/c1-3-21(26)24-14-8-12-19(24)22-23-17-10-5-6-11-18(17)25(22)15-16-9-4-7-13-20(16)27-2/h4-7,9-11,13,19H,3,8,12,14-15H2,1-2H3. The number of methoxy groups -OCH3 is 1. The van der Waals surface area contributed by atoms with Crippen molar-refractivity contribution in [2.75, 3.05) is 13.7 Å². The molecule has 0 N–H and O–H groups in total. The molecular formula is C22H25N3O2. The Morgan fingerprint density at radius 3 is 2.78 bits per heavy atom. The quantitative estimate of drug-likeness (QED) is 0.684. The Morgan fingerprint density at radius 2 is 1.96 bits per heavy atom. The molecule has 1 saturated heterocycles. The molecule has 5 heteroatoms. The van der Waals surface area contributed by atoms with Crippen LogP contribution < -0.4 is 4.74 Å². The maximum Gasteiger partial charge on any atom is 0.222 e. The van der Waals surface area contributed by atoms with Crippen molar-refractivity contribution in [3.8, 4) is 5.75 Å². The van der Waals surface area contributed by atoms with Crippen LogP contribution in [0.3, 0.4) is 0 Å². The lowest BCUT2D eigenvalue weighted by molar-refractivity contribution is -0.131. The summed E-state index contributed by atoms with van der Waals surface area (Å²) in [4.78, 5) is 19.4. The van der Waals surface area contributed by atoms with Gasteiger partial charge in [0.15, 0.2) is 0 Å². The molecule has 1 unspecified atom stereocenters. The first-order chi connectivity index (χ1) is 13.2. The van der Waals surface area contributed by atoms with E-state index in [1.807, 2.05) is 48.2 Å². The molecule has 0 aliphatic carbocycles. The van der Waals surface area contributed by atoms with E-state index in [0.29, 0.717) is 13.0 Å². The molecule has 0 bridgehead atoms. The smallest absolute Gasteiger partial charge is 0.222 e. The topological polar surface area (TPSA) is 47.4 Å². The van der Waals surface area contributed by atoms with Crippen molar-refractivity contribution in [2.24, 2.45) is 0 Å². The maximum atomic E-state index is 12.5. The van der Waals surface area contributed by atoms with Gasteiger partial charge in [-0.25, -0.2) is 4.98 Å². The number of amides is 1. The highest BCUT2D eigenvalue weighted by atomic mass is 16.5. The van der Waals surface area contributed by atoms with Gasteiger partial charge in [-0.2, -0.15) is 0 Å². The number of benzene rings is 2. The first-order valence-electron chi connectivity index (χ1n) is 9.59. The van der Waals surface area contributed by atoms with E-state index in [9.17, 15) is 4.79 Å². The van der Waals surface area contributed by atoms with E-state index >= 15 is 0 Å². The van der Waals surface area contributed by atoms with E-state index in [0.717, 1.165) is 47.6 Å². The molecule has 1 atom stereocenters. The SMILES string of the molecule is CCC(=O)N1CCCC1c1nc2ccccc2n1Cc1ccccc1OC. The molecule has 5 nitrogen and oxygen atoms in total. The minimum Gasteiger partial charge on any atom is -0.496 e. The third kappa shape index (κ3) is 3.18. The molecule has 4 rings (SSSR count). The predicted octanol–water partition coefficient (Wildman–Crippen LogP) is 4.17. The van der Waals surface area contributed by atoms with E-state index in [4.69, 9.17) is 9.72 Å². The van der Waals surface area contributed by atoms with Crippen LogP contribution in [0, 0.1) is 0 Å². The number of fused-ring (bicyclic) bond motifs is 1. The molecule has 1 aromatic heterocycles. The number of aromatic nitrogens is 2. The van der Waals surface area contributed by atoms with E-state index in [-0.39, 0.29) is 11.9 Å². The van der Waals surface area contributed by atoms with Crippen LogP contribution in [0.25, 0.3) is 11.0 Å². The van der Waals surface area contributed by atoms with Crippen LogP contribution in [0.1, 0.15) is 43.6 Å². The number of para-hydroxylation sites is 3. The van der Waals surface area contributed by atoms with Crippen LogP contribution in [-0.2, 0) is 11.3 Å². The van der Waals surface area contributed by atoms with Crippen molar-refractivity contribution < 1.29 is 9.53 Å². The Labute approximate surface area is 159 Å². The van der Waals surface area contributed by atoms with Crippen molar-refractivity contribution in [3.63, 3.8) is 0 Å². The number of hydrogen-bond donors (Lipinski definition) is 0. The largest absolute Gasteiger partial charge is 0.496 e. The number of carbonyl (C=O) groups excluding carboxylic acids is 1. The number of imidazole rings is 1. The molecular weight excluding hydrogens is 338 g/mol. The molecule has 1 aliphatic rings. The van der Waals surface area contributed by atoms with Crippen LogP contribution in [0.15, 0.2) is 48.5 Å². The lowest BCUT2D eigenvalue weighted by atomic mass is 10.1. The van der Waals surface area contributed by atoms with Crippen LogP contribution >= 0.6 is 0 Å². The van der Waals surface area contributed by atoms with Gasteiger partial charge in [-0.15, -0.1) is 0 Å². The minimum atomic E-state index is 0.0413. The van der Waals surface area contributed by atoms with E-state index in [1.54, 1.807) is 7.11 Å². The van der Waals surface area contributed by atoms with Gasteiger partial charge in [0.25, 0.3) is 0 Å². The van der Waals surface area contributed by atoms with Crippen molar-refractivity contribution in [1.82, 2.24) is 14.5 Å². The second-order valence-corrected chi connectivity index (χ2v) is 6.96. The van der Waals surface area contributed by atoms with Crippen molar-refractivity contribution in [2.45, 2.75) is 38.8 Å². The first-order valence-corrected chi connectivity index (χ1v) is 9.59. The van der Waals surface area contributed by atoms with Gasteiger partial charge in [-0.05, 0) is 31.0 Å². The minimum absolute atomic E-state index is 0.0413. The molecule has 27 heavy (non-hydrogen) atoms. The molecule has 140 valence electrons. The molecule has 1 fully saturated rings. The van der Waals surface area contributed by atoms with Crippen molar-refractivity contribution in [3.05, 3.63) is 59.9 Å². The highest BCUT2D eigenvalue weighted by Crippen LogP contribution is 2.34. The Morgan fingerprint density at radius 1 is 1.19 bits per heavy atom. The van der Waals surface area contributed by atoms with Gasteiger partial charge >= 0.3 is 0 Å². The molecule has 2 heterocycles. The average molecular weight is 363 g/mol. The summed E-state index contributed by atoms with van der Waals surface area (Å²) >= 11 is 0. The second kappa shape index (κ2) is 7.43. The molecule has 0 saturated carbocycles. The Kier molecular flexibility index (Phi) is 4.84. The van der Waals surface area contributed by atoms with Gasteiger partial charge in [0.1, 0.15) is 11.6 Å². The number of carbonyl (C=O) groups is 1. The van der Waals surface area contributed by atoms with Gasteiger partial charge in [0, 0.05) is 18.5 Å². The number of ether oxygens (including phenoxy) is 1. The van der Waals surface area contributed by atoms with Gasteiger partial charge < -0.3 is 14.2 Å². The Balaban J connectivity index is 1.81. The molecule has 0 radical (unpaired) electrons. The zero-order chi connectivity index (χ0) is 18.8. The molecule has 2 aromatic carbocycles. The highest BCUT2D eigenvalue weighted by molar-refractivity contribution is 5.78.